The normalized spacial score (nSPS) is 12.8. The van der Waals surface area contributed by atoms with Crippen LogP contribution in [-0.4, -0.2) is 26.3 Å². The molecule has 5 nitrogen and oxygen atoms in total. The Hall–Kier alpha value is -2.73. The summed E-state index contributed by atoms with van der Waals surface area (Å²) >= 11 is 3.51. The predicted octanol–water partition coefficient (Wildman–Crippen LogP) is 3.68. The third-order valence-corrected chi connectivity index (χ3v) is 4.47. The van der Waals surface area contributed by atoms with Crippen LogP contribution in [0.3, 0.4) is 0 Å². The molecule has 0 spiro atoms. The van der Waals surface area contributed by atoms with Gasteiger partial charge in [0, 0.05) is 15.6 Å². The molecule has 0 saturated carbocycles. The monoisotopic (exact) mass is 381 g/mol. The molecule has 0 amide bonds. The highest BCUT2D eigenvalue weighted by atomic mass is 79.9. The van der Waals surface area contributed by atoms with Gasteiger partial charge in [-0.25, -0.2) is 9.78 Å². The average molecular weight is 382 g/mol. The second-order valence-corrected chi connectivity index (χ2v) is 6.32. The Balaban J connectivity index is 2.00. The zero-order valence-corrected chi connectivity index (χ0v) is 14.1. The Kier molecular flexibility index (Phi) is 3.54. The molecule has 0 aliphatic carbocycles. The smallest absolute Gasteiger partial charge is 0.356 e. The molecule has 6 heteroatoms. The van der Waals surface area contributed by atoms with Crippen molar-refractivity contribution in [3.63, 3.8) is 0 Å². The van der Waals surface area contributed by atoms with E-state index in [2.05, 4.69) is 20.9 Å². The van der Waals surface area contributed by atoms with Crippen molar-refractivity contribution >= 4 is 27.6 Å². The van der Waals surface area contributed by atoms with Crippen LogP contribution in [0.5, 0.6) is 0 Å². The van der Waals surface area contributed by atoms with E-state index in [9.17, 15) is 9.90 Å². The third-order valence-electron chi connectivity index (χ3n) is 3.98. The van der Waals surface area contributed by atoms with E-state index in [1.807, 2.05) is 53.1 Å². The van der Waals surface area contributed by atoms with Gasteiger partial charge in [0.2, 0.25) is 0 Å². The van der Waals surface area contributed by atoms with Gasteiger partial charge in [-0.3, -0.25) is 9.56 Å². The number of carbonyl (C=O) groups is 1. The molecule has 0 saturated heterocycles. The Morgan fingerprint density at radius 1 is 1.17 bits per heavy atom. The first-order valence-corrected chi connectivity index (χ1v) is 8.14. The van der Waals surface area contributed by atoms with Crippen LogP contribution in [0.25, 0.3) is 5.69 Å². The molecule has 1 aliphatic heterocycles. The molecule has 2 heterocycles. The van der Waals surface area contributed by atoms with E-state index >= 15 is 0 Å². The molecule has 2 aromatic carbocycles. The second kappa shape index (κ2) is 5.72. The zero-order chi connectivity index (χ0) is 16.7. The number of halogens is 1. The maximum Gasteiger partial charge on any atom is 0.356 e. The highest BCUT2D eigenvalue weighted by molar-refractivity contribution is 9.10. The number of hydrogen-bond donors (Lipinski definition) is 1. The van der Waals surface area contributed by atoms with Crippen LogP contribution < -0.4 is 0 Å². The SMILES string of the molecule is O=C(O)c1ncn2c1CN=C(c1ccccc1)c1cc(Br)ccc1-2. The van der Waals surface area contributed by atoms with E-state index in [1.54, 1.807) is 6.33 Å². The molecule has 0 fully saturated rings. The van der Waals surface area contributed by atoms with Crippen molar-refractivity contribution in [2.45, 2.75) is 6.54 Å². The number of rotatable bonds is 2. The number of aromatic carboxylic acids is 1. The van der Waals surface area contributed by atoms with Crippen molar-refractivity contribution in [3.8, 4) is 5.69 Å². The summed E-state index contributed by atoms with van der Waals surface area (Å²) in [7, 11) is 0. The molecule has 0 radical (unpaired) electrons. The minimum atomic E-state index is -1.04. The van der Waals surface area contributed by atoms with E-state index in [4.69, 9.17) is 4.99 Å². The van der Waals surface area contributed by atoms with E-state index in [0.717, 1.165) is 27.0 Å². The van der Waals surface area contributed by atoms with Gasteiger partial charge in [0.25, 0.3) is 0 Å². The van der Waals surface area contributed by atoms with Crippen LogP contribution >= 0.6 is 15.9 Å². The lowest BCUT2D eigenvalue weighted by atomic mass is 10.0. The van der Waals surface area contributed by atoms with Crippen LogP contribution in [0, 0.1) is 0 Å². The molecule has 118 valence electrons. The first-order valence-electron chi connectivity index (χ1n) is 7.35. The maximum atomic E-state index is 11.4. The molecular formula is C18H12BrN3O2. The molecule has 0 bridgehead atoms. The van der Waals surface area contributed by atoms with Crippen molar-refractivity contribution in [2.75, 3.05) is 0 Å². The summed E-state index contributed by atoms with van der Waals surface area (Å²) < 4.78 is 2.75. The summed E-state index contributed by atoms with van der Waals surface area (Å²) in [5.41, 5.74) is 4.26. The predicted molar refractivity (Wildman–Crippen MR) is 94.0 cm³/mol. The number of carboxylic acid groups (broad SMARTS) is 1. The quantitative estimate of drug-likeness (QED) is 0.735. The van der Waals surface area contributed by atoms with Gasteiger partial charge < -0.3 is 5.11 Å². The van der Waals surface area contributed by atoms with Crippen LogP contribution in [0.2, 0.25) is 0 Å². The number of benzene rings is 2. The van der Waals surface area contributed by atoms with Gasteiger partial charge in [-0.15, -0.1) is 0 Å². The number of imidazole rings is 1. The molecule has 4 rings (SSSR count). The van der Waals surface area contributed by atoms with Gasteiger partial charge in [-0.2, -0.15) is 0 Å². The van der Waals surface area contributed by atoms with Gasteiger partial charge >= 0.3 is 5.97 Å². The van der Waals surface area contributed by atoms with Crippen LogP contribution in [0.4, 0.5) is 0 Å². The number of carboxylic acids is 1. The van der Waals surface area contributed by atoms with E-state index < -0.39 is 5.97 Å². The second-order valence-electron chi connectivity index (χ2n) is 5.41. The fraction of sp³-hybridized carbons (Fsp3) is 0.0556. The Morgan fingerprint density at radius 2 is 1.96 bits per heavy atom. The van der Waals surface area contributed by atoms with E-state index in [1.165, 1.54) is 0 Å². The summed E-state index contributed by atoms with van der Waals surface area (Å²) in [6.45, 7) is 0.262. The molecule has 1 aliphatic rings. The standard InChI is InChI=1S/C18H12BrN3O2/c19-12-6-7-14-13(8-12)16(11-4-2-1-3-5-11)20-9-15-17(18(23)24)21-10-22(14)15/h1-8,10H,9H2,(H,23,24). The summed E-state index contributed by atoms with van der Waals surface area (Å²) in [6.07, 6.45) is 1.55. The van der Waals surface area contributed by atoms with Gasteiger partial charge in [0.1, 0.15) is 6.33 Å². The molecule has 1 N–H and O–H groups in total. The number of aliphatic imine (C=N–C) groups is 1. The first-order chi connectivity index (χ1) is 11.6. The van der Waals surface area contributed by atoms with E-state index in [0.29, 0.717) is 5.69 Å². The summed E-state index contributed by atoms with van der Waals surface area (Å²) in [5.74, 6) is -1.04. The highest BCUT2D eigenvalue weighted by Crippen LogP contribution is 2.28. The number of fused-ring (bicyclic) bond motifs is 3. The maximum absolute atomic E-state index is 11.4. The topological polar surface area (TPSA) is 67.5 Å². The number of nitrogens with zero attached hydrogens (tertiary/aromatic N) is 3. The van der Waals surface area contributed by atoms with Crippen molar-refractivity contribution in [2.24, 2.45) is 4.99 Å². The summed E-state index contributed by atoms with van der Waals surface area (Å²) in [6, 6.07) is 15.8. The fourth-order valence-electron chi connectivity index (χ4n) is 2.90. The largest absolute Gasteiger partial charge is 0.476 e. The van der Waals surface area contributed by atoms with Crippen molar-refractivity contribution in [3.05, 3.63) is 81.8 Å². The summed E-state index contributed by atoms with van der Waals surface area (Å²) in [4.78, 5) is 20.2. The molecule has 1 aromatic heterocycles. The minimum Gasteiger partial charge on any atom is -0.476 e. The van der Waals surface area contributed by atoms with Crippen molar-refractivity contribution in [1.29, 1.82) is 0 Å². The molecular weight excluding hydrogens is 370 g/mol. The van der Waals surface area contributed by atoms with Crippen LogP contribution in [0.15, 0.2) is 64.3 Å². The lowest BCUT2D eigenvalue weighted by molar-refractivity contribution is 0.0689. The number of aromatic nitrogens is 2. The van der Waals surface area contributed by atoms with Gasteiger partial charge in [0.05, 0.1) is 23.6 Å². The van der Waals surface area contributed by atoms with Crippen molar-refractivity contribution < 1.29 is 9.90 Å². The average Bonchev–Trinajstić information content (AvgIpc) is 2.94. The molecule has 0 unspecified atom stereocenters. The summed E-state index contributed by atoms with van der Waals surface area (Å²) in [5, 5.41) is 9.36. The molecule has 0 atom stereocenters. The van der Waals surface area contributed by atoms with Crippen LogP contribution in [0.1, 0.15) is 27.3 Å². The zero-order valence-electron chi connectivity index (χ0n) is 12.5. The Labute approximate surface area is 146 Å². The van der Waals surface area contributed by atoms with Gasteiger partial charge in [0.15, 0.2) is 5.69 Å². The molecule has 3 aromatic rings. The van der Waals surface area contributed by atoms with Gasteiger partial charge in [-0.1, -0.05) is 46.3 Å². The van der Waals surface area contributed by atoms with E-state index in [-0.39, 0.29) is 12.2 Å². The number of hydrogen-bond acceptors (Lipinski definition) is 3. The Bertz CT molecular complexity index is 977. The third kappa shape index (κ3) is 2.35. The fourth-order valence-corrected chi connectivity index (χ4v) is 3.26. The lowest BCUT2D eigenvalue weighted by Crippen LogP contribution is -2.07. The highest BCUT2D eigenvalue weighted by Gasteiger charge is 2.24. The minimum absolute atomic E-state index is 0.0435. The first kappa shape index (κ1) is 14.8. The lowest BCUT2D eigenvalue weighted by Gasteiger charge is -2.12. The Morgan fingerprint density at radius 3 is 2.71 bits per heavy atom. The molecule has 24 heavy (non-hydrogen) atoms. The van der Waals surface area contributed by atoms with Crippen LogP contribution in [-0.2, 0) is 6.54 Å². The van der Waals surface area contributed by atoms with Crippen molar-refractivity contribution in [1.82, 2.24) is 9.55 Å². The van der Waals surface area contributed by atoms with Gasteiger partial charge in [-0.05, 0) is 18.2 Å².